The third-order valence-corrected chi connectivity index (χ3v) is 5.81. The molecule has 0 atom stereocenters. The number of nitrogens with zero attached hydrogens (tertiary/aromatic N) is 3. The number of carbonyl (C=O) groups is 1. The highest BCUT2D eigenvalue weighted by molar-refractivity contribution is 7.15. The highest BCUT2D eigenvalue weighted by Crippen LogP contribution is 2.34. The molecule has 10 heteroatoms. The SMILES string of the molecule is CCc1ccc(-c2cc(C(F)(F)F)n3nc(C(=O)Nc4ccc(OC)cc4)cc3n2)s1. The number of aryl methyl sites for hydroxylation is 1. The molecule has 1 N–H and O–H groups in total. The Labute approximate surface area is 179 Å². The van der Waals surface area contributed by atoms with E-state index in [-0.39, 0.29) is 17.0 Å². The third-order valence-electron chi connectivity index (χ3n) is 4.56. The van der Waals surface area contributed by atoms with Crippen LogP contribution in [0.25, 0.3) is 16.2 Å². The van der Waals surface area contributed by atoms with Crippen LogP contribution in [0, 0.1) is 0 Å². The van der Waals surface area contributed by atoms with Gasteiger partial charge in [0, 0.05) is 16.6 Å². The quantitative estimate of drug-likeness (QED) is 0.452. The molecule has 6 nitrogen and oxygen atoms in total. The number of aromatic nitrogens is 3. The van der Waals surface area contributed by atoms with Crippen molar-refractivity contribution in [3.63, 3.8) is 0 Å². The van der Waals surface area contributed by atoms with Crippen molar-refractivity contribution in [2.24, 2.45) is 0 Å². The molecule has 160 valence electrons. The summed E-state index contributed by atoms with van der Waals surface area (Å²) in [4.78, 5) is 18.5. The molecule has 0 spiro atoms. The summed E-state index contributed by atoms with van der Waals surface area (Å²) in [7, 11) is 1.52. The molecule has 4 rings (SSSR count). The first-order valence-corrected chi connectivity index (χ1v) is 10.1. The minimum absolute atomic E-state index is 0.0591. The zero-order valence-corrected chi connectivity index (χ0v) is 17.3. The maximum Gasteiger partial charge on any atom is 0.433 e. The molecule has 0 unspecified atom stereocenters. The summed E-state index contributed by atoms with van der Waals surface area (Å²) in [6, 6.07) is 12.3. The number of anilines is 1. The molecule has 3 heterocycles. The fourth-order valence-corrected chi connectivity index (χ4v) is 3.90. The van der Waals surface area contributed by atoms with E-state index in [2.05, 4.69) is 15.4 Å². The van der Waals surface area contributed by atoms with Gasteiger partial charge in [-0.1, -0.05) is 6.92 Å². The van der Waals surface area contributed by atoms with E-state index in [4.69, 9.17) is 4.74 Å². The normalized spacial score (nSPS) is 11.6. The number of ether oxygens (including phenoxy) is 1. The van der Waals surface area contributed by atoms with Crippen molar-refractivity contribution in [2.45, 2.75) is 19.5 Å². The number of nitrogens with one attached hydrogen (secondary N) is 1. The van der Waals surface area contributed by atoms with Crippen molar-refractivity contribution in [1.29, 1.82) is 0 Å². The minimum atomic E-state index is -4.67. The number of hydrogen-bond acceptors (Lipinski definition) is 5. The number of carbonyl (C=O) groups excluding carboxylic acids is 1. The van der Waals surface area contributed by atoms with Gasteiger partial charge in [0.1, 0.15) is 5.75 Å². The Balaban J connectivity index is 1.73. The molecular formula is C21H17F3N4O2S. The number of thiophene rings is 1. The summed E-state index contributed by atoms with van der Waals surface area (Å²) in [5, 5.41) is 6.47. The highest BCUT2D eigenvalue weighted by atomic mass is 32.1. The topological polar surface area (TPSA) is 68.5 Å². The van der Waals surface area contributed by atoms with E-state index in [0.717, 1.165) is 17.4 Å². The first-order chi connectivity index (χ1) is 14.8. The van der Waals surface area contributed by atoms with Crippen LogP contribution < -0.4 is 10.1 Å². The van der Waals surface area contributed by atoms with Crippen molar-refractivity contribution in [2.75, 3.05) is 12.4 Å². The average Bonchev–Trinajstić information content (AvgIpc) is 3.39. The lowest BCUT2D eigenvalue weighted by molar-refractivity contribution is -0.142. The number of hydrogen-bond donors (Lipinski definition) is 1. The second-order valence-electron chi connectivity index (χ2n) is 6.63. The fraction of sp³-hybridized carbons (Fsp3) is 0.190. The molecule has 0 radical (unpaired) electrons. The van der Waals surface area contributed by atoms with E-state index in [1.54, 1.807) is 30.3 Å². The number of rotatable bonds is 5. The maximum atomic E-state index is 13.7. The van der Waals surface area contributed by atoms with Crippen molar-refractivity contribution in [1.82, 2.24) is 14.6 Å². The lowest BCUT2D eigenvalue weighted by atomic mass is 10.2. The van der Waals surface area contributed by atoms with Crippen LogP contribution in [0.5, 0.6) is 5.75 Å². The zero-order valence-electron chi connectivity index (χ0n) is 16.5. The van der Waals surface area contributed by atoms with Gasteiger partial charge < -0.3 is 10.1 Å². The molecule has 0 fully saturated rings. The van der Waals surface area contributed by atoms with Gasteiger partial charge in [-0.25, -0.2) is 9.50 Å². The predicted octanol–water partition coefficient (Wildman–Crippen LogP) is 5.30. The third kappa shape index (κ3) is 4.24. The summed E-state index contributed by atoms with van der Waals surface area (Å²) in [6.45, 7) is 1.97. The summed E-state index contributed by atoms with van der Waals surface area (Å²) in [5.41, 5.74) is -0.588. The Bertz CT molecular complexity index is 1250. The van der Waals surface area contributed by atoms with Gasteiger partial charge in [0.05, 0.1) is 17.7 Å². The standard InChI is InChI=1S/C21H17F3N4O2S/c1-3-14-8-9-17(31-14)15-10-18(21(22,23)24)28-19(26-15)11-16(27-28)20(29)25-12-4-6-13(30-2)7-5-12/h4-11H,3H2,1-2H3,(H,25,29). The molecule has 0 aliphatic heterocycles. The Hall–Kier alpha value is -3.40. The number of alkyl halides is 3. The fourth-order valence-electron chi connectivity index (χ4n) is 2.99. The average molecular weight is 446 g/mol. The van der Waals surface area contributed by atoms with E-state index in [0.29, 0.717) is 20.8 Å². The first kappa shape index (κ1) is 20.9. The monoisotopic (exact) mass is 446 g/mol. The van der Waals surface area contributed by atoms with E-state index in [1.807, 2.05) is 13.0 Å². The van der Waals surface area contributed by atoms with Gasteiger partial charge in [0.25, 0.3) is 5.91 Å². The molecule has 0 saturated carbocycles. The van der Waals surface area contributed by atoms with Gasteiger partial charge in [0.2, 0.25) is 0 Å². The van der Waals surface area contributed by atoms with Crippen LogP contribution in [-0.2, 0) is 12.6 Å². The summed E-state index contributed by atoms with van der Waals surface area (Å²) < 4.78 is 46.9. The molecule has 1 aromatic carbocycles. The van der Waals surface area contributed by atoms with Crippen LogP contribution in [0.2, 0.25) is 0 Å². The largest absolute Gasteiger partial charge is 0.497 e. The number of benzene rings is 1. The number of fused-ring (bicyclic) bond motifs is 1. The van der Waals surface area contributed by atoms with Gasteiger partial charge >= 0.3 is 6.18 Å². The van der Waals surface area contributed by atoms with Gasteiger partial charge in [-0.2, -0.15) is 18.3 Å². The molecule has 4 aromatic rings. The second kappa shape index (κ2) is 8.03. The molecule has 1 amide bonds. The molecule has 0 aliphatic carbocycles. The zero-order chi connectivity index (χ0) is 22.2. The molecular weight excluding hydrogens is 429 g/mol. The molecule has 31 heavy (non-hydrogen) atoms. The van der Waals surface area contributed by atoms with Gasteiger partial charge in [0.15, 0.2) is 17.0 Å². The summed E-state index contributed by atoms with van der Waals surface area (Å²) >= 11 is 1.38. The minimum Gasteiger partial charge on any atom is -0.497 e. The van der Waals surface area contributed by atoms with Gasteiger partial charge in [-0.3, -0.25) is 4.79 Å². The van der Waals surface area contributed by atoms with Crippen molar-refractivity contribution < 1.29 is 22.7 Å². The molecule has 0 saturated heterocycles. The van der Waals surface area contributed by atoms with E-state index in [9.17, 15) is 18.0 Å². The number of halogens is 3. The smallest absolute Gasteiger partial charge is 0.433 e. The number of amides is 1. The lowest BCUT2D eigenvalue weighted by Gasteiger charge is -2.10. The van der Waals surface area contributed by atoms with Crippen molar-refractivity contribution in [3.05, 3.63) is 64.8 Å². The molecule has 3 aromatic heterocycles. The molecule has 0 bridgehead atoms. The van der Waals surface area contributed by atoms with Crippen LogP contribution in [0.3, 0.4) is 0 Å². The predicted molar refractivity (Wildman–Crippen MR) is 112 cm³/mol. The summed E-state index contributed by atoms with van der Waals surface area (Å²) in [5.74, 6) is -0.0354. The summed E-state index contributed by atoms with van der Waals surface area (Å²) in [6.07, 6.45) is -3.89. The van der Waals surface area contributed by atoms with Crippen LogP contribution in [-0.4, -0.2) is 27.6 Å². The maximum absolute atomic E-state index is 13.7. The van der Waals surface area contributed by atoms with Crippen LogP contribution >= 0.6 is 11.3 Å². The van der Waals surface area contributed by atoms with Crippen molar-refractivity contribution >= 4 is 28.6 Å². The molecule has 0 aliphatic rings. The Kier molecular flexibility index (Phi) is 5.40. The van der Waals surface area contributed by atoms with Crippen LogP contribution in [0.4, 0.5) is 18.9 Å². The lowest BCUT2D eigenvalue weighted by Crippen LogP contribution is -2.15. The Morgan fingerprint density at radius 3 is 2.52 bits per heavy atom. The number of methoxy groups -OCH3 is 1. The second-order valence-corrected chi connectivity index (χ2v) is 7.79. The van der Waals surface area contributed by atoms with Crippen LogP contribution in [0.15, 0.2) is 48.5 Å². The Morgan fingerprint density at radius 2 is 1.90 bits per heavy atom. The van der Waals surface area contributed by atoms with Crippen LogP contribution in [0.1, 0.15) is 28.0 Å². The van der Waals surface area contributed by atoms with E-state index < -0.39 is 17.8 Å². The highest BCUT2D eigenvalue weighted by Gasteiger charge is 2.35. The van der Waals surface area contributed by atoms with Crippen molar-refractivity contribution in [3.8, 4) is 16.3 Å². The first-order valence-electron chi connectivity index (χ1n) is 9.31. The Morgan fingerprint density at radius 1 is 1.16 bits per heavy atom. The van der Waals surface area contributed by atoms with E-state index in [1.165, 1.54) is 24.5 Å². The van der Waals surface area contributed by atoms with Gasteiger partial charge in [-0.05, 0) is 48.9 Å². The van der Waals surface area contributed by atoms with E-state index >= 15 is 0 Å². The van der Waals surface area contributed by atoms with Gasteiger partial charge in [-0.15, -0.1) is 11.3 Å².